The quantitative estimate of drug-likeness (QED) is 0.849. The Labute approximate surface area is 146 Å². The van der Waals surface area contributed by atoms with Crippen LogP contribution in [0.4, 0.5) is 13.2 Å². The monoisotopic (exact) mass is 358 g/mol. The number of ether oxygens (including phenoxy) is 1. The van der Waals surface area contributed by atoms with Crippen molar-refractivity contribution >= 4 is 5.91 Å². The molecule has 0 bridgehead atoms. The number of benzene rings is 1. The maximum absolute atomic E-state index is 12.8. The number of alkyl halides is 3. The van der Waals surface area contributed by atoms with Gasteiger partial charge < -0.3 is 10.1 Å². The highest BCUT2D eigenvalue weighted by molar-refractivity contribution is 5.78. The summed E-state index contributed by atoms with van der Waals surface area (Å²) >= 11 is 0. The molecule has 25 heavy (non-hydrogen) atoms. The Kier molecular flexibility index (Phi) is 6.84. The van der Waals surface area contributed by atoms with Crippen molar-refractivity contribution in [2.24, 2.45) is 5.92 Å². The standard InChI is InChI=1S/C18H25F3N2O2/c1-3-13(2)17(24)22-12-16(23-8-10-25-11-9-23)14-4-6-15(7-5-14)18(19,20)21/h4-7,13,16H,3,8-12H2,1-2H3,(H,22,24). The zero-order valence-corrected chi connectivity index (χ0v) is 14.6. The van der Waals surface area contributed by atoms with Crippen LogP contribution in [-0.4, -0.2) is 43.7 Å². The van der Waals surface area contributed by atoms with Gasteiger partial charge in [-0.1, -0.05) is 26.0 Å². The summed E-state index contributed by atoms with van der Waals surface area (Å²) in [6, 6.07) is 5.02. The van der Waals surface area contributed by atoms with Gasteiger partial charge in [0, 0.05) is 25.6 Å². The van der Waals surface area contributed by atoms with E-state index in [1.54, 1.807) is 0 Å². The van der Waals surface area contributed by atoms with Crippen molar-refractivity contribution in [3.05, 3.63) is 35.4 Å². The van der Waals surface area contributed by atoms with Crippen molar-refractivity contribution in [1.29, 1.82) is 0 Å². The largest absolute Gasteiger partial charge is 0.416 e. The lowest BCUT2D eigenvalue weighted by molar-refractivity contribution is -0.137. The predicted octanol–water partition coefficient (Wildman–Crippen LogP) is 3.24. The minimum Gasteiger partial charge on any atom is -0.379 e. The number of rotatable bonds is 6. The molecule has 0 aliphatic carbocycles. The van der Waals surface area contributed by atoms with Crippen molar-refractivity contribution in [2.75, 3.05) is 32.8 Å². The molecule has 2 atom stereocenters. The van der Waals surface area contributed by atoms with E-state index in [4.69, 9.17) is 4.74 Å². The number of amides is 1. The fourth-order valence-corrected chi connectivity index (χ4v) is 2.80. The Hall–Kier alpha value is -1.60. The summed E-state index contributed by atoms with van der Waals surface area (Å²) < 4.78 is 43.7. The van der Waals surface area contributed by atoms with E-state index in [1.807, 2.05) is 13.8 Å². The second-order valence-corrected chi connectivity index (χ2v) is 6.34. The van der Waals surface area contributed by atoms with Gasteiger partial charge in [-0.2, -0.15) is 13.2 Å². The maximum Gasteiger partial charge on any atom is 0.416 e. The van der Waals surface area contributed by atoms with Gasteiger partial charge in [0.1, 0.15) is 0 Å². The zero-order chi connectivity index (χ0) is 18.4. The van der Waals surface area contributed by atoms with Crippen LogP contribution in [0.25, 0.3) is 0 Å². The van der Waals surface area contributed by atoms with E-state index < -0.39 is 11.7 Å². The first-order valence-electron chi connectivity index (χ1n) is 8.59. The smallest absolute Gasteiger partial charge is 0.379 e. The van der Waals surface area contributed by atoms with Gasteiger partial charge in [-0.15, -0.1) is 0 Å². The molecule has 1 aromatic carbocycles. The first-order chi connectivity index (χ1) is 11.8. The molecule has 1 fully saturated rings. The summed E-state index contributed by atoms with van der Waals surface area (Å²) in [4.78, 5) is 14.2. The molecule has 0 aromatic heterocycles. The van der Waals surface area contributed by atoms with Crippen molar-refractivity contribution in [2.45, 2.75) is 32.5 Å². The minimum atomic E-state index is -4.35. The van der Waals surface area contributed by atoms with Crippen LogP contribution in [0.15, 0.2) is 24.3 Å². The molecule has 0 saturated carbocycles. The van der Waals surface area contributed by atoms with Crippen LogP contribution in [0.1, 0.15) is 37.4 Å². The average Bonchev–Trinajstić information content (AvgIpc) is 2.61. The molecule has 1 aliphatic rings. The van der Waals surface area contributed by atoms with E-state index in [-0.39, 0.29) is 17.9 Å². The molecular weight excluding hydrogens is 333 g/mol. The summed E-state index contributed by atoms with van der Waals surface area (Å²) in [5.41, 5.74) is 0.0972. The van der Waals surface area contributed by atoms with E-state index in [9.17, 15) is 18.0 Å². The van der Waals surface area contributed by atoms with Crippen LogP contribution in [0, 0.1) is 5.92 Å². The molecule has 7 heteroatoms. The lowest BCUT2D eigenvalue weighted by Gasteiger charge is -2.35. The van der Waals surface area contributed by atoms with Gasteiger partial charge in [0.05, 0.1) is 24.8 Å². The summed E-state index contributed by atoms with van der Waals surface area (Å²) in [6.07, 6.45) is -3.61. The van der Waals surface area contributed by atoms with Gasteiger partial charge in [0.2, 0.25) is 5.91 Å². The minimum absolute atomic E-state index is 0.0346. The second-order valence-electron chi connectivity index (χ2n) is 6.34. The molecule has 1 amide bonds. The number of halogens is 3. The van der Waals surface area contributed by atoms with Gasteiger partial charge in [-0.25, -0.2) is 0 Å². The van der Waals surface area contributed by atoms with Crippen molar-refractivity contribution in [3.8, 4) is 0 Å². The summed E-state index contributed by atoms with van der Waals surface area (Å²) in [6.45, 7) is 6.70. The molecular formula is C18H25F3N2O2. The van der Waals surface area contributed by atoms with E-state index >= 15 is 0 Å². The van der Waals surface area contributed by atoms with Crippen LogP contribution in [-0.2, 0) is 15.7 Å². The van der Waals surface area contributed by atoms with Crippen LogP contribution >= 0.6 is 0 Å². The third kappa shape index (κ3) is 5.44. The van der Waals surface area contributed by atoms with E-state index in [0.29, 0.717) is 32.8 Å². The molecule has 1 saturated heterocycles. The van der Waals surface area contributed by atoms with Gasteiger partial charge in [-0.05, 0) is 24.1 Å². The molecule has 4 nitrogen and oxygen atoms in total. The van der Waals surface area contributed by atoms with Gasteiger partial charge in [-0.3, -0.25) is 9.69 Å². The summed E-state index contributed by atoms with van der Waals surface area (Å²) in [5, 5.41) is 2.93. The Bertz CT molecular complexity index is 554. The van der Waals surface area contributed by atoms with Crippen molar-refractivity contribution < 1.29 is 22.7 Å². The van der Waals surface area contributed by atoms with E-state index in [2.05, 4.69) is 10.2 Å². The maximum atomic E-state index is 12.8. The van der Waals surface area contributed by atoms with Crippen LogP contribution < -0.4 is 5.32 Å². The number of nitrogens with zero attached hydrogens (tertiary/aromatic N) is 1. The Morgan fingerprint density at radius 1 is 1.24 bits per heavy atom. The second kappa shape index (κ2) is 8.67. The fraction of sp³-hybridized carbons (Fsp3) is 0.611. The molecule has 1 aromatic rings. The molecule has 1 N–H and O–H groups in total. The summed E-state index contributed by atoms with van der Waals surface area (Å²) in [7, 11) is 0. The van der Waals surface area contributed by atoms with Crippen LogP contribution in [0.5, 0.6) is 0 Å². The highest BCUT2D eigenvalue weighted by atomic mass is 19.4. The van der Waals surface area contributed by atoms with E-state index in [1.165, 1.54) is 12.1 Å². The number of carbonyl (C=O) groups is 1. The third-order valence-corrected chi connectivity index (χ3v) is 4.64. The molecule has 140 valence electrons. The van der Waals surface area contributed by atoms with Crippen molar-refractivity contribution in [1.82, 2.24) is 10.2 Å². The third-order valence-electron chi connectivity index (χ3n) is 4.64. The van der Waals surface area contributed by atoms with Gasteiger partial charge >= 0.3 is 6.18 Å². The first-order valence-corrected chi connectivity index (χ1v) is 8.59. The number of nitrogens with one attached hydrogen (secondary N) is 1. The Morgan fingerprint density at radius 3 is 2.36 bits per heavy atom. The SMILES string of the molecule is CCC(C)C(=O)NCC(c1ccc(C(F)(F)F)cc1)N1CCOCC1. The van der Waals surface area contributed by atoms with E-state index in [0.717, 1.165) is 24.1 Å². The molecule has 0 radical (unpaired) electrons. The molecule has 1 heterocycles. The molecule has 2 unspecified atom stereocenters. The zero-order valence-electron chi connectivity index (χ0n) is 14.6. The highest BCUT2D eigenvalue weighted by Gasteiger charge is 2.31. The van der Waals surface area contributed by atoms with Gasteiger partial charge in [0.25, 0.3) is 0 Å². The Morgan fingerprint density at radius 2 is 1.84 bits per heavy atom. The normalized spacial score (nSPS) is 18.6. The molecule has 2 rings (SSSR count). The number of carbonyl (C=O) groups excluding carboxylic acids is 1. The Balaban J connectivity index is 2.14. The lowest BCUT2D eigenvalue weighted by atomic mass is 10.0. The number of morpholine rings is 1. The van der Waals surface area contributed by atoms with Gasteiger partial charge in [0.15, 0.2) is 0 Å². The lowest BCUT2D eigenvalue weighted by Crippen LogP contribution is -2.44. The van der Waals surface area contributed by atoms with Crippen LogP contribution in [0.2, 0.25) is 0 Å². The average molecular weight is 358 g/mol. The molecule has 1 aliphatic heterocycles. The first kappa shape index (κ1) is 19.7. The summed E-state index contributed by atoms with van der Waals surface area (Å²) in [5.74, 6) is -0.120. The number of hydrogen-bond donors (Lipinski definition) is 1. The molecule has 0 spiro atoms. The topological polar surface area (TPSA) is 41.6 Å². The number of hydrogen-bond acceptors (Lipinski definition) is 3. The highest BCUT2D eigenvalue weighted by Crippen LogP contribution is 2.31. The van der Waals surface area contributed by atoms with Crippen molar-refractivity contribution in [3.63, 3.8) is 0 Å². The fourth-order valence-electron chi connectivity index (χ4n) is 2.80. The van der Waals surface area contributed by atoms with Crippen LogP contribution in [0.3, 0.4) is 0 Å². The predicted molar refractivity (Wildman–Crippen MR) is 89.0 cm³/mol.